The normalized spacial score (nSPS) is 11.4. The molecule has 2 heterocycles. The largest absolute Gasteiger partial charge is 0.418 e. The van der Waals surface area contributed by atoms with E-state index in [1.807, 2.05) is 6.07 Å². The SMILES string of the molecule is FC(F)(F)c1ccccc1Nc1nc(-c2ccccn2)cs1. The van der Waals surface area contributed by atoms with E-state index in [0.717, 1.165) is 6.07 Å². The van der Waals surface area contributed by atoms with Crippen LogP contribution in [-0.4, -0.2) is 9.97 Å². The highest BCUT2D eigenvalue weighted by Crippen LogP contribution is 2.36. The summed E-state index contributed by atoms with van der Waals surface area (Å²) in [6.45, 7) is 0. The molecule has 0 spiro atoms. The number of nitrogens with zero attached hydrogens (tertiary/aromatic N) is 2. The number of aromatic nitrogens is 2. The van der Waals surface area contributed by atoms with Gasteiger partial charge in [-0.1, -0.05) is 18.2 Å². The Morgan fingerprint density at radius 2 is 1.73 bits per heavy atom. The molecule has 22 heavy (non-hydrogen) atoms. The molecule has 2 aromatic heterocycles. The highest BCUT2D eigenvalue weighted by Gasteiger charge is 2.33. The number of alkyl halides is 3. The van der Waals surface area contributed by atoms with E-state index in [2.05, 4.69) is 15.3 Å². The van der Waals surface area contributed by atoms with Crippen molar-refractivity contribution >= 4 is 22.2 Å². The Bertz CT molecular complexity index is 769. The topological polar surface area (TPSA) is 37.8 Å². The van der Waals surface area contributed by atoms with Crippen molar-refractivity contribution in [3.63, 3.8) is 0 Å². The molecule has 0 saturated heterocycles. The molecule has 0 bridgehead atoms. The van der Waals surface area contributed by atoms with Crippen LogP contribution in [0.15, 0.2) is 54.0 Å². The van der Waals surface area contributed by atoms with Gasteiger partial charge in [0, 0.05) is 11.6 Å². The minimum atomic E-state index is -4.41. The Morgan fingerprint density at radius 1 is 0.955 bits per heavy atom. The summed E-state index contributed by atoms with van der Waals surface area (Å²) in [5.74, 6) is 0. The number of thiazole rings is 1. The molecule has 0 aliphatic heterocycles. The predicted octanol–water partition coefficient (Wildman–Crippen LogP) is 4.97. The molecule has 3 nitrogen and oxygen atoms in total. The summed E-state index contributed by atoms with van der Waals surface area (Å²) in [5.41, 5.74) is 0.565. The lowest BCUT2D eigenvalue weighted by atomic mass is 10.2. The summed E-state index contributed by atoms with van der Waals surface area (Å²) in [5, 5.41) is 4.87. The fourth-order valence-electron chi connectivity index (χ4n) is 1.92. The Balaban J connectivity index is 1.88. The van der Waals surface area contributed by atoms with Gasteiger partial charge in [-0.2, -0.15) is 13.2 Å². The lowest BCUT2D eigenvalue weighted by Gasteiger charge is -2.12. The van der Waals surface area contributed by atoms with Gasteiger partial charge in [0.2, 0.25) is 0 Å². The minimum absolute atomic E-state index is 0.0167. The molecule has 3 aromatic rings. The summed E-state index contributed by atoms with van der Waals surface area (Å²) >= 11 is 1.23. The molecule has 0 atom stereocenters. The quantitative estimate of drug-likeness (QED) is 0.740. The molecule has 0 saturated carbocycles. The molecule has 0 aliphatic carbocycles. The van der Waals surface area contributed by atoms with Crippen LogP contribution < -0.4 is 5.32 Å². The Hall–Kier alpha value is -2.41. The summed E-state index contributed by atoms with van der Waals surface area (Å²) in [4.78, 5) is 8.44. The maximum absolute atomic E-state index is 13.0. The molecule has 1 aromatic carbocycles. The van der Waals surface area contributed by atoms with E-state index < -0.39 is 11.7 Å². The monoisotopic (exact) mass is 321 g/mol. The first-order valence-electron chi connectivity index (χ1n) is 6.34. The second-order valence-electron chi connectivity index (χ2n) is 4.42. The van der Waals surface area contributed by atoms with E-state index in [4.69, 9.17) is 0 Å². The van der Waals surface area contributed by atoms with Gasteiger partial charge in [0.15, 0.2) is 5.13 Å². The van der Waals surface area contributed by atoms with Crippen LogP contribution in [0.2, 0.25) is 0 Å². The zero-order valence-corrected chi connectivity index (χ0v) is 11.9. The highest BCUT2D eigenvalue weighted by molar-refractivity contribution is 7.14. The highest BCUT2D eigenvalue weighted by atomic mass is 32.1. The Morgan fingerprint density at radius 3 is 2.45 bits per heavy atom. The summed E-state index contributed by atoms with van der Waals surface area (Å²) in [7, 11) is 0. The lowest BCUT2D eigenvalue weighted by molar-refractivity contribution is -0.136. The van der Waals surface area contributed by atoms with E-state index >= 15 is 0 Å². The van der Waals surface area contributed by atoms with Crippen molar-refractivity contribution in [1.82, 2.24) is 9.97 Å². The number of hydrogen-bond acceptors (Lipinski definition) is 4. The van der Waals surface area contributed by atoms with Crippen molar-refractivity contribution in [3.05, 3.63) is 59.6 Å². The first kappa shape index (κ1) is 14.5. The van der Waals surface area contributed by atoms with Crippen LogP contribution in [0.3, 0.4) is 0 Å². The number of para-hydroxylation sites is 1. The summed E-state index contributed by atoms with van der Waals surface area (Å²) in [6, 6.07) is 10.7. The van der Waals surface area contributed by atoms with Crippen LogP contribution >= 0.6 is 11.3 Å². The molecule has 112 valence electrons. The van der Waals surface area contributed by atoms with Gasteiger partial charge in [-0.3, -0.25) is 4.98 Å². The molecule has 0 aliphatic rings. The third-order valence-electron chi connectivity index (χ3n) is 2.91. The van der Waals surface area contributed by atoms with E-state index in [1.54, 1.807) is 29.8 Å². The van der Waals surface area contributed by atoms with Gasteiger partial charge in [0.25, 0.3) is 0 Å². The third-order valence-corrected chi connectivity index (χ3v) is 3.66. The molecule has 0 fully saturated rings. The van der Waals surface area contributed by atoms with Gasteiger partial charge in [0.1, 0.15) is 5.69 Å². The van der Waals surface area contributed by atoms with Gasteiger partial charge >= 0.3 is 6.18 Å². The molecule has 1 N–H and O–H groups in total. The van der Waals surface area contributed by atoms with Crippen LogP contribution in [-0.2, 0) is 6.18 Å². The first-order chi connectivity index (χ1) is 10.5. The number of anilines is 2. The molecular weight excluding hydrogens is 311 g/mol. The Labute approximate surface area is 128 Å². The molecule has 0 unspecified atom stereocenters. The first-order valence-corrected chi connectivity index (χ1v) is 7.22. The predicted molar refractivity (Wildman–Crippen MR) is 80.1 cm³/mol. The molecule has 7 heteroatoms. The third kappa shape index (κ3) is 3.09. The average molecular weight is 321 g/mol. The number of hydrogen-bond donors (Lipinski definition) is 1. The molecule has 0 radical (unpaired) electrons. The number of benzene rings is 1. The number of halogens is 3. The summed E-state index contributed by atoms with van der Waals surface area (Å²) in [6.07, 6.45) is -2.77. The number of pyridine rings is 1. The van der Waals surface area contributed by atoms with Gasteiger partial charge in [-0.15, -0.1) is 11.3 Å². The van der Waals surface area contributed by atoms with Crippen molar-refractivity contribution in [2.45, 2.75) is 6.18 Å². The van der Waals surface area contributed by atoms with Gasteiger partial charge < -0.3 is 5.32 Å². The fraction of sp³-hybridized carbons (Fsp3) is 0.0667. The van der Waals surface area contributed by atoms with E-state index in [0.29, 0.717) is 16.5 Å². The average Bonchev–Trinajstić information content (AvgIpc) is 2.96. The smallest absolute Gasteiger partial charge is 0.331 e. The minimum Gasteiger partial charge on any atom is -0.331 e. The van der Waals surface area contributed by atoms with Crippen LogP contribution in [0.5, 0.6) is 0 Å². The second-order valence-corrected chi connectivity index (χ2v) is 5.28. The maximum Gasteiger partial charge on any atom is 0.418 e. The zero-order valence-electron chi connectivity index (χ0n) is 11.1. The Kier molecular flexibility index (Phi) is 3.81. The van der Waals surface area contributed by atoms with Crippen molar-refractivity contribution < 1.29 is 13.2 Å². The van der Waals surface area contributed by atoms with Crippen LogP contribution in [0.1, 0.15) is 5.56 Å². The number of nitrogens with one attached hydrogen (secondary N) is 1. The van der Waals surface area contributed by atoms with Crippen LogP contribution in [0, 0.1) is 0 Å². The van der Waals surface area contributed by atoms with Gasteiger partial charge in [-0.25, -0.2) is 4.98 Å². The van der Waals surface area contributed by atoms with Crippen molar-refractivity contribution in [2.24, 2.45) is 0 Å². The van der Waals surface area contributed by atoms with E-state index in [-0.39, 0.29) is 5.69 Å². The van der Waals surface area contributed by atoms with E-state index in [1.165, 1.54) is 23.5 Å². The lowest BCUT2D eigenvalue weighted by Crippen LogP contribution is -2.08. The van der Waals surface area contributed by atoms with Crippen molar-refractivity contribution in [3.8, 4) is 11.4 Å². The zero-order chi connectivity index (χ0) is 15.6. The standard InChI is InChI=1S/C15H10F3N3S/c16-15(17,18)10-5-1-2-6-11(10)20-14-21-13(9-22-14)12-7-3-4-8-19-12/h1-9H,(H,20,21). The maximum atomic E-state index is 13.0. The van der Waals surface area contributed by atoms with Crippen molar-refractivity contribution in [1.29, 1.82) is 0 Å². The molecule has 3 rings (SSSR count). The van der Waals surface area contributed by atoms with Gasteiger partial charge in [-0.05, 0) is 24.3 Å². The van der Waals surface area contributed by atoms with E-state index in [9.17, 15) is 13.2 Å². The van der Waals surface area contributed by atoms with Crippen LogP contribution in [0.4, 0.5) is 24.0 Å². The molecule has 0 amide bonds. The fourth-order valence-corrected chi connectivity index (χ4v) is 2.63. The summed E-state index contributed by atoms with van der Waals surface area (Å²) < 4.78 is 38.9. The second kappa shape index (κ2) is 5.76. The molecular formula is C15H10F3N3S. The van der Waals surface area contributed by atoms with Crippen molar-refractivity contribution in [2.75, 3.05) is 5.32 Å². The van der Waals surface area contributed by atoms with Gasteiger partial charge in [0.05, 0.1) is 16.9 Å². The number of rotatable bonds is 3. The van der Waals surface area contributed by atoms with Crippen LogP contribution in [0.25, 0.3) is 11.4 Å².